The van der Waals surface area contributed by atoms with Gasteiger partial charge >= 0.3 is 0 Å². The minimum atomic E-state index is -0.368. The van der Waals surface area contributed by atoms with Gasteiger partial charge in [-0.1, -0.05) is 23.4 Å². The van der Waals surface area contributed by atoms with E-state index < -0.39 is 0 Å². The van der Waals surface area contributed by atoms with E-state index >= 15 is 0 Å². The number of hydrogen-bond acceptors (Lipinski definition) is 8. The summed E-state index contributed by atoms with van der Waals surface area (Å²) in [6.07, 6.45) is 2.95. The molecule has 3 aromatic rings. The lowest BCUT2D eigenvalue weighted by Gasteiger charge is -2.30. The van der Waals surface area contributed by atoms with Crippen LogP contribution in [0.1, 0.15) is 47.6 Å². The van der Waals surface area contributed by atoms with Gasteiger partial charge in [-0.05, 0) is 38.0 Å². The fourth-order valence-corrected chi connectivity index (χ4v) is 3.97. The van der Waals surface area contributed by atoms with Gasteiger partial charge in [0.25, 0.3) is 5.91 Å². The summed E-state index contributed by atoms with van der Waals surface area (Å²) in [6.45, 7) is 2.79. The van der Waals surface area contributed by atoms with E-state index in [9.17, 15) is 9.59 Å². The Hall–Kier alpha value is -4.08. The molecular weight excluding hydrogens is 434 g/mol. The van der Waals surface area contributed by atoms with Crippen molar-refractivity contribution in [1.82, 2.24) is 25.3 Å². The zero-order valence-electron chi connectivity index (χ0n) is 19.2. The molecule has 1 aromatic carbocycles. The molecule has 0 radical (unpaired) electrons. The molecule has 1 aliphatic rings. The molecule has 1 saturated heterocycles. The second-order valence-electron chi connectivity index (χ2n) is 8.14. The predicted molar refractivity (Wildman–Crippen MR) is 127 cm³/mol. The molecule has 1 fully saturated rings. The van der Waals surface area contributed by atoms with E-state index in [1.807, 2.05) is 25.2 Å². The normalized spacial score (nSPS) is 14.0. The Balaban J connectivity index is 1.32. The molecule has 0 saturated carbocycles. The van der Waals surface area contributed by atoms with Crippen molar-refractivity contribution in [3.63, 3.8) is 0 Å². The standard InChI is InChI=1S/C24H27N7O3/c1-15(25)18-7-6-17(13-20(18)26-2)22-29-24(34-30-22)16-8-11-31(12-9-16)21(32)14-28-23(33)19-5-3-4-10-27-19/h3-7,10,13,16,25-26H,8-9,11-12,14H2,1-2H3,(H,28,33). The maximum absolute atomic E-state index is 12.5. The fourth-order valence-electron chi connectivity index (χ4n) is 3.97. The van der Waals surface area contributed by atoms with Crippen molar-refractivity contribution < 1.29 is 14.1 Å². The van der Waals surface area contributed by atoms with E-state index in [0.29, 0.717) is 43.4 Å². The average molecular weight is 462 g/mol. The summed E-state index contributed by atoms with van der Waals surface area (Å²) in [4.78, 5) is 34.9. The number of pyridine rings is 1. The molecular formula is C24H27N7O3. The lowest BCUT2D eigenvalue weighted by atomic mass is 9.96. The van der Waals surface area contributed by atoms with Gasteiger partial charge in [0, 0.05) is 54.8 Å². The molecule has 10 heteroatoms. The van der Waals surface area contributed by atoms with Crippen molar-refractivity contribution in [3.8, 4) is 11.4 Å². The van der Waals surface area contributed by atoms with E-state index in [2.05, 4.69) is 25.8 Å². The number of aromatic nitrogens is 3. The quantitative estimate of drug-likeness (QED) is 0.460. The first-order valence-corrected chi connectivity index (χ1v) is 11.1. The summed E-state index contributed by atoms with van der Waals surface area (Å²) in [6, 6.07) is 10.7. The number of anilines is 1. The zero-order chi connectivity index (χ0) is 24.1. The Kier molecular flexibility index (Phi) is 6.95. The maximum Gasteiger partial charge on any atom is 0.270 e. The molecule has 0 bridgehead atoms. The number of piperidine rings is 1. The number of rotatable bonds is 7. The largest absolute Gasteiger partial charge is 0.388 e. The highest BCUT2D eigenvalue weighted by molar-refractivity contribution is 6.02. The highest BCUT2D eigenvalue weighted by Gasteiger charge is 2.28. The smallest absolute Gasteiger partial charge is 0.270 e. The van der Waals surface area contributed by atoms with Crippen LogP contribution in [0.3, 0.4) is 0 Å². The number of nitrogens with one attached hydrogen (secondary N) is 3. The van der Waals surface area contributed by atoms with Crippen molar-refractivity contribution >= 4 is 23.2 Å². The van der Waals surface area contributed by atoms with Gasteiger partial charge in [0.05, 0.1) is 6.54 Å². The first kappa shape index (κ1) is 23.1. The van der Waals surface area contributed by atoms with Gasteiger partial charge in [-0.2, -0.15) is 4.98 Å². The SMILES string of the molecule is CNc1cc(-c2noc(C3CCN(C(=O)CNC(=O)c4ccccn4)CC3)n2)ccc1C(C)=N. The minimum absolute atomic E-state index is 0.0657. The Morgan fingerprint density at radius 2 is 2.00 bits per heavy atom. The lowest BCUT2D eigenvalue weighted by Crippen LogP contribution is -2.43. The summed E-state index contributed by atoms with van der Waals surface area (Å²) in [7, 11) is 1.81. The number of benzene rings is 1. The Morgan fingerprint density at radius 1 is 1.21 bits per heavy atom. The molecule has 0 aliphatic carbocycles. The third kappa shape index (κ3) is 5.11. The predicted octanol–water partition coefficient (Wildman–Crippen LogP) is 2.70. The van der Waals surface area contributed by atoms with Crippen LogP contribution < -0.4 is 10.6 Å². The van der Waals surface area contributed by atoms with Gasteiger partial charge < -0.3 is 25.5 Å². The third-order valence-electron chi connectivity index (χ3n) is 5.89. The van der Waals surface area contributed by atoms with Crippen LogP contribution in [-0.2, 0) is 4.79 Å². The number of likely N-dealkylation sites (tertiary alicyclic amines) is 1. The van der Waals surface area contributed by atoms with Crippen molar-refractivity contribution in [2.24, 2.45) is 0 Å². The van der Waals surface area contributed by atoms with Crippen LogP contribution in [0.15, 0.2) is 47.1 Å². The summed E-state index contributed by atoms with van der Waals surface area (Å²) >= 11 is 0. The van der Waals surface area contributed by atoms with E-state index in [-0.39, 0.29) is 30.0 Å². The van der Waals surface area contributed by atoms with E-state index in [0.717, 1.165) is 16.8 Å². The second kappa shape index (κ2) is 10.2. The number of hydrogen-bond donors (Lipinski definition) is 3. The number of carbonyl (C=O) groups is 2. The number of nitrogens with zero attached hydrogens (tertiary/aromatic N) is 4. The zero-order valence-corrected chi connectivity index (χ0v) is 19.2. The molecule has 34 heavy (non-hydrogen) atoms. The van der Waals surface area contributed by atoms with Crippen LogP contribution in [0.25, 0.3) is 11.4 Å². The maximum atomic E-state index is 12.5. The molecule has 3 N–H and O–H groups in total. The van der Waals surface area contributed by atoms with Gasteiger partial charge in [0.1, 0.15) is 5.69 Å². The van der Waals surface area contributed by atoms with Crippen molar-refractivity contribution in [1.29, 1.82) is 5.41 Å². The highest BCUT2D eigenvalue weighted by Crippen LogP contribution is 2.30. The molecule has 0 spiro atoms. The molecule has 10 nitrogen and oxygen atoms in total. The molecule has 0 unspecified atom stereocenters. The molecule has 2 amide bonds. The first-order valence-electron chi connectivity index (χ1n) is 11.1. The average Bonchev–Trinajstić information content (AvgIpc) is 3.37. The summed E-state index contributed by atoms with van der Waals surface area (Å²) in [5, 5.41) is 17.8. The summed E-state index contributed by atoms with van der Waals surface area (Å²) in [5.41, 5.74) is 3.22. The highest BCUT2D eigenvalue weighted by atomic mass is 16.5. The van der Waals surface area contributed by atoms with Gasteiger partial charge in [-0.15, -0.1) is 0 Å². The topological polar surface area (TPSA) is 137 Å². The van der Waals surface area contributed by atoms with Crippen LogP contribution in [0.4, 0.5) is 5.69 Å². The van der Waals surface area contributed by atoms with Crippen molar-refractivity contribution in [2.45, 2.75) is 25.7 Å². The van der Waals surface area contributed by atoms with Crippen molar-refractivity contribution in [2.75, 3.05) is 32.0 Å². The van der Waals surface area contributed by atoms with Crippen LogP contribution >= 0.6 is 0 Å². The Labute approximate surface area is 197 Å². The van der Waals surface area contributed by atoms with Crippen LogP contribution in [-0.4, -0.2) is 64.2 Å². The summed E-state index contributed by atoms with van der Waals surface area (Å²) in [5.74, 6) is 0.628. The van der Waals surface area contributed by atoms with E-state index in [4.69, 9.17) is 9.93 Å². The first-order chi connectivity index (χ1) is 16.5. The van der Waals surface area contributed by atoms with Crippen LogP contribution in [0.2, 0.25) is 0 Å². The van der Waals surface area contributed by atoms with Crippen molar-refractivity contribution in [3.05, 3.63) is 59.7 Å². The molecule has 3 heterocycles. The lowest BCUT2D eigenvalue weighted by molar-refractivity contribution is -0.131. The third-order valence-corrected chi connectivity index (χ3v) is 5.89. The number of carbonyl (C=O) groups excluding carboxylic acids is 2. The molecule has 2 aromatic heterocycles. The molecule has 4 rings (SSSR count). The molecule has 176 valence electrons. The minimum Gasteiger partial charge on any atom is -0.388 e. The van der Waals surface area contributed by atoms with E-state index in [1.54, 1.807) is 30.0 Å². The van der Waals surface area contributed by atoms with Gasteiger partial charge in [0.2, 0.25) is 17.6 Å². The monoisotopic (exact) mass is 461 g/mol. The fraction of sp³-hybridized carbons (Fsp3) is 0.333. The molecule has 0 atom stereocenters. The van der Waals surface area contributed by atoms with Gasteiger partial charge in [-0.25, -0.2) is 0 Å². The van der Waals surface area contributed by atoms with E-state index in [1.165, 1.54) is 6.20 Å². The number of amides is 2. The Bertz CT molecular complexity index is 1180. The summed E-state index contributed by atoms with van der Waals surface area (Å²) < 4.78 is 5.54. The van der Waals surface area contributed by atoms with Gasteiger partial charge in [-0.3, -0.25) is 14.6 Å². The molecule has 1 aliphatic heterocycles. The van der Waals surface area contributed by atoms with Gasteiger partial charge in [0.15, 0.2) is 0 Å². The van der Waals surface area contributed by atoms with Crippen LogP contribution in [0, 0.1) is 5.41 Å². The second-order valence-corrected chi connectivity index (χ2v) is 8.14. The Morgan fingerprint density at radius 3 is 2.68 bits per heavy atom. The van der Waals surface area contributed by atoms with Crippen LogP contribution in [0.5, 0.6) is 0 Å².